The van der Waals surface area contributed by atoms with E-state index >= 15 is 0 Å². The van der Waals surface area contributed by atoms with Gasteiger partial charge in [0.15, 0.2) is 0 Å². The first-order chi connectivity index (χ1) is 9.50. The molecule has 7 nitrogen and oxygen atoms in total. The minimum atomic E-state index is -3.65. The Morgan fingerprint density at radius 3 is 2.24 bits per heavy atom. The molecule has 0 spiro atoms. The zero-order valence-corrected chi connectivity index (χ0v) is 13.8. The third-order valence-electron chi connectivity index (χ3n) is 2.94. The van der Waals surface area contributed by atoms with Gasteiger partial charge in [-0.1, -0.05) is 13.3 Å². The maximum Gasteiger partial charge on any atom is 0.408 e. The van der Waals surface area contributed by atoms with Crippen LogP contribution in [0.1, 0.15) is 53.4 Å². The Morgan fingerprint density at radius 1 is 1.24 bits per heavy atom. The molecule has 122 valence electrons. The van der Waals surface area contributed by atoms with Crippen LogP contribution >= 0.6 is 0 Å². The molecule has 1 rings (SSSR count). The third-order valence-corrected chi connectivity index (χ3v) is 4.26. The van der Waals surface area contributed by atoms with Crippen LogP contribution in [0.25, 0.3) is 0 Å². The third kappa shape index (κ3) is 5.91. The summed E-state index contributed by atoms with van der Waals surface area (Å²) < 4.78 is 30.5. The van der Waals surface area contributed by atoms with Crippen molar-refractivity contribution in [3.05, 3.63) is 0 Å². The number of ether oxygens (including phenoxy) is 1. The van der Waals surface area contributed by atoms with E-state index < -0.39 is 33.2 Å². The van der Waals surface area contributed by atoms with Gasteiger partial charge in [-0.05, 0) is 40.0 Å². The van der Waals surface area contributed by atoms with Gasteiger partial charge in [-0.25, -0.2) is 13.2 Å². The van der Waals surface area contributed by atoms with Crippen molar-refractivity contribution < 1.29 is 22.7 Å². The standard InChI is InChI=1S/C13H24N2O5S/c1-5-6-9-21(18,19)15-10(16)13(7-8-13)14-11(17)20-12(2,3)4/h5-9H2,1-4H3,(H,14,17)(H,15,16). The van der Waals surface area contributed by atoms with Crippen molar-refractivity contribution in [3.8, 4) is 0 Å². The first-order valence-electron chi connectivity index (χ1n) is 7.06. The van der Waals surface area contributed by atoms with Gasteiger partial charge in [0.25, 0.3) is 5.91 Å². The summed E-state index contributed by atoms with van der Waals surface area (Å²) in [6, 6.07) is 0. The molecule has 1 aliphatic carbocycles. The smallest absolute Gasteiger partial charge is 0.408 e. The minimum Gasteiger partial charge on any atom is -0.444 e. The molecule has 1 aliphatic rings. The van der Waals surface area contributed by atoms with E-state index in [-0.39, 0.29) is 5.75 Å². The van der Waals surface area contributed by atoms with Crippen molar-refractivity contribution in [2.75, 3.05) is 5.75 Å². The summed E-state index contributed by atoms with van der Waals surface area (Å²) in [4.78, 5) is 23.7. The average Bonchev–Trinajstić information content (AvgIpc) is 3.04. The number of sulfonamides is 1. The summed E-state index contributed by atoms with van der Waals surface area (Å²) in [6.45, 7) is 6.99. The predicted molar refractivity (Wildman–Crippen MR) is 78.2 cm³/mol. The van der Waals surface area contributed by atoms with Crippen LogP contribution in [0.4, 0.5) is 4.79 Å². The maximum atomic E-state index is 12.0. The van der Waals surface area contributed by atoms with Gasteiger partial charge in [0, 0.05) is 0 Å². The van der Waals surface area contributed by atoms with Crippen molar-refractivity contribution in [1.29, 1.82) is 0 Å². The quantitative estimate of drug-likeness (QED) is 0.768. The lowest BCUT2D eigenvalue weighted by atomic mass is 10.2. The number of unbranched alkanes of at least 4 members (excludes halogenated alkanes) is 1. The van der Waals surface area contributed by atoms with E-state index in [0.29, 0.717) is 19.3 Å². The number of hydrogen-bond acceptors (Lipinski definition) is 5. The Labute approximate surface area is 125 Å². The van der Waals surface area contributed by atoms with Crippen LogP contribution in [0.3, 0.4) is 0 Å². The highest BCUT2D eigenvalue weighted by Gasteiger charge is 2.52. The fourth-order valence-corrected chi connectivity index (χ4v) is 2.91. The molecule has 0 saturated heterocycles. The Hall–Kier alpha value is -1.31. The van der Waals surface area contributed by atoms with Gasteiger partial charge in [-0.3, -0.25) is 9.52 Å². The molecular weight excluding hydrogens is 296 g/mol. The number of rotatable bonds is 6. The van der Waals surface area contributed by atoms with Crippen molar-refractivity contribution in [1.82, 2.24) is 10.0 Å². The van der Waals surface area contributed by atoms with Crippen LogP contribution in [-0.2, 0) is 19.6 Å². The van der Waals surface area contributed by atoms with Gasteiger partial charge in [0.05, 0.1) is 5.75 Å². The number of carbonyl (C=O) groups excluding carboxylic acids is 2. The highest BCUT2D eigenvalue weighted by Crippen LogP contribution is 2.36. The molecule has 0 radical (unpaired) electrons. The van der Waals surface area contributed by atoms with Gasteiger partial charge in [0.2, 0.25) is 10.0 Å². The van der Waals surface area contributed by atoms with Crippen LogP contribution in [0.2, 0.25) is 0 Å². The van der Waals surface area contributed by atoms with E-state index in [2.05, 4.69) is 5.32 Å². The molecule has 1 saturated carbocycles. The van der Waals surface area contributed by atoms with Crippen LogP contribution in [0.15, 0.2) is 0 Å². The van der Waals surface area contributed by atoms with Gasteiger partial charge in [0.1, 0.15) is 11.1 Å². The zero-order chi connectivity index (χ0) is 16.3. The molecule has 0 aromatic rings. The molecule has 0 aromatic carbocycles. The number of alkyl carbamates (subject to hydrolysis) is 1. The zero-order valence-electron chi connectivity index (χ0n) is 13.0. The first-order valence-corrected chi connectivity index (χ1v) is 8.71. The number of carbonyl (C=O) groups is 2. The number of nitrogens with one attached hydrogen (secondary N) is 2. The van der Waals surface area contributed by atoms with Crippen molar-refractivity contribution in [2.45, 2.75) is 64.5 Å². The molecule has 0 heterocycles. The van der Waals surface area contributed by atoms with Crippen LogP contribution < -0.4 is 10.0 Å². The van der Waals surface area contributed by atoms with E-state index in [4.69, 9.17) is 4.74 Å². The fraction of sp³-hybridized carbons (Fsp3) is 0.846. The Morgan fingerprint density at radius 2 is 1.81 bits per heavy atom. The monoisotopic (exact) mass is 320 g/mol. The van der Waals surface area contributed by atoms with Gasteiger partial charge >= 0.3 is 6.09 Å². The second-order valence-corrected chi connectivity index (χ2v) is 8.15. The lowest BCUT2D eigenvalue weighted by Crippen LogP contribution is -2.51. The van der Waals surface area contributed by atoms with E-state index in [0.717, 1.165) is 6.42 Å². The molecule has 0 aromatic heterocycles. The Balaban J connectivity index is 2.59. The van der Waals surface area contributed by atoms with Crippen LogP contribution in [-0.4, -0.2) is 37.3 Å². The molecule has 8 heteroatoms. The molecule has 0 aliphatic heterocycles. The van der Waals surface area contributed by atoms with Gasteiger partial charge in [-0.2, -0.15) is 0 Å². The van der Waals surface area contributed by atoms with E-state index in [9.17, 15) is 18.0 Å². The predicted octanol–water partition coefficient (Wildman–Crippen LogP) is 1.29. The highest BCUT2D eigenvalue weighted by atomic mass is 32.2. The summed E-state index contributed by atoms with van der Waals surface area (Å²) in [5, 5.41) is 2.46. The van der Waals surface area contributed by atoms with Crippen molar-refractivity contribution in [2.24, 2.45) is 0 Å². The van der Waals surface area contributed by atoms with E-state index in [1.807, 2.05) is 11.6 Å². The SMILES string of the molecule is CCCCS(=O)(=O)NC(=O)C1(NC(=O)OC(C)(C)C)CC1. The summed E-state index contributed by atoms with van der Waals surface area (Å²) in [5.74, 6) is -0.790. The second kappa shape index (κ2) is 6.21. The minimum absolute atomic E-state index is 0.0994. The maximum absolute atomic E-state index is 12.0. The lowest BCUT2D eigenvalue weighted by molar-refractivity contribution is -0.122. The Kier molecular flexibility index (Phi) is 5.25. The van der Waals surface area contributed by atoms with Crippen molar-refractivity contribution in [3.63, 3.8) is 0 Å². The molecule has 21 heavy (non-hydrogen) atoms. The molecule has 2 N–H and O–H groups in total. The molecule has 0 atom stereocenters. The van der Waals surface area contributed by atoms with Gasteiger partial charge < -0.3 is 10.1 Å². The lowest BCUT2D eigenvalue weighted by Gasteiger charge is -2.23. The van der Waals surface area contributed by atoms with Crippen LogP contribution in [0, 0.1) is 0 Å². The molecule has 1 fully saturated rings. The number of hydrogen-bond donors (Lipinski definition) is 2. The van der Waals surface area contributed by atoms with Crippen molar-refractivity contribution >= 4 is 22.0 Å². The summed E-state index contributed by atoms with van der Waals surface area (Å²) >= 11 is 0. The van der Waals surface area contributed by atoms with Gasteiger partial charge in [-0.15, -0.1) is 0 Å². The summed E-state index contributed by atoms with van der Waals surface area (Å²) in [7, 11) is -3.65. The largest absolute Gasteiger partial charge is 0.444 e. The fourth-order valence-electron chi connectivity index (χ4n) is 1.66. The van der Waals surface area contributed by atoms with E-state index in [1.165, 1.54) is 0 Å². The molecule has 2 amide bonds. The first kappa shape index (κ1) is 17.7. The van der Waals surface area contributed by atoms with Crippen LogP contribution in [0.5, 0.6) is 0 Å². The number of amides is 2. The van der Waals surface area contributed by atoms with E-state index in [1.54, 1.807) is 20.8 Å². The summed E-state index contributed by atoms with van der Waals surface area (Å²) in [5.41, 5.74) is -1.83. The molecular formula is C13H24N2O5S. The summed E-state index contributed by atoms with van der Waals surface area (Å²) in [6.07, 6.45) is 1.29. The molecule has 0 bridgehead atoms. The molecule has 0 unspecified atom stereocenters. The normalized spacial score (nSPS) is 17.0. The Bertz CT molecular complexity index is 503. The highest BCUT2D eigenvalue weighted by molar-refractivity contribution is 7.90. The topological polar surface area (TPSA) is 102 Å². The average molecular weight is 320 g/mol. The second-order valence-electron chi connectivity index (χ2n) is 6.31.